The molecule has 0 aromatic carbocycles. The zero-order chi connectivity index (χ0) is 16.8. The maximum absolute atomic E-state index is 11.7. The van der Waals surface area contributed by atoms with Gasteiger partial charge in [-0.1, -0.05) is 6.92 Å². The van der Waals surface area contributed by atoms with Gasteiger partial charge in [0.1, 0.15) is 5.60 Å². The van der Waals surface area contributed by atoms with E-state index in [4.69, 9.17) is 10.5 Å². The zero-order valence-corrected chi connectivity index (χ0v) is 14.9. The molecule has 6 nitrogen and oxygen atoms in total. The summed E-state index contributed by atoms with van der Waals surface area (Å²) in [5.74, 6) is 0. The van der Waals surface area contributed by atoms with Crippen molar-refractivity contribution in [3.63, 3.8) is 0 Å². The number of nitrogens with zero attached hydrogens (tertiary/aromatic N) is 2. The van der Waals surface area contributed by atoms with E-state index in [9.17, 15) is 4.79 Å². The monoisotopic (exact) mass is 314 g/mol. The summed E-state index contributed by atoms with van der Waals surface area (Å²) in [6.45, 7) is 12.1. The number of carbonyl (C=O) groups is 1. The molecule has 0 bridgehead atoms. The van der Waals surface area contributed by atoms with E-state index in [1.54, 1.807) is 0 Å². The molecule has 1 fully saturated rings. The molecule has 0 aliphatic carbocycles. The number of alkyl carbamates (subject to hydrolysis) is 1. The number of ether oxygens (including phenoxy) is 1. The Kier molecular flexibility index (Phi) is 7.59. The summed E-state index contributed by atoms with van der Waals surface area (Å²) in [7, 11) is 2.08. The van der Waals surface area contributed by atoms with E-state index in [1.165, 1.54) is 19.4 Å². The second-order valence-electron chi connectivity index (χ2n) is 7.14. The van der Waals surface area contributed by atoms with E-state index in [1.807, 2.05) is 20.8 Å². The Morgan fingerprint density at radius 3 is 2.73 bits per heavy atom. The molecule has 0 saturated carbocycles. The number of nitrogens with one attached hydrogen (secondary N) is 1. The van der Waals surface area contributed by atoms with Crippen LogP contribution in [0.25, 0.3) is 0 Å². The molecule has 1 aliphatic heterocycles. The molecule has 3 N–H and O–H groups in total. The number of likely N-dealkylation sites (tertiary alicyclic amines) is 1. The maximum atomic E-state index is 11.7. The fourth-order valence-corrected chi connectivity index (χ4v) is 2.93. The van der Waals surface area contributed by atoms with Crippen molar-refractivity contribution < 1.29 is 9.53 Å². The molecule has 1 saturated heterocycles. The van der Waals surface area contributed by atoms with Crippen LogP contribution in [0.2, 0.25) is 0 Å². The second kappa shape index (κ2) is 8.70. The Bertz CT molecular complexity index is 344. The highest BCUT2D eigenvalue weighted by Gasteiger charge is 2.26. The summed E-state index contributed by atoms with van der Waals surface area (Å²) in [5.41, 5.74) is 5.41. The van der Waals surface area contributed by atoms with Crippen LogP contribution in [0, 0.1) is 0 Å². The lowest BCUT2D eigenvalue weighted by molar-refractivity contribution is 0.0509. The molecule has 2 atom stereocenters. The smallest absolute Gasteiger partial charge is 0.407 e. The van der Waals surface area contributed by atoms with Gasteiger partial charge in [0, 0.05) is 31.7 Å². The maximum Gasteiger partial charge on any atom is 0.407 e. The van der Waals surface area contributed by atoms with Gasteiger partial charge in [-0.2, -0.15) is 0 Å². The van der Waals surface area contributed by atoms with E-state index in [0.717, 1.165) is 13.1 Å². The molecule has 22 heavy (non-hydrogen) atoms. The number of rotatable bonds is 7. The molecule has 0 radical (unpaired) electrons. The number of amides is 1. The Balaban J connectivity index is 2.41. The van der Waals surface area contributed by atoms with Crippen LogP contribution < -0.4 is 11.1 Å². The van der Waals surface area contributed by atoms with Crippen LogP contribution in [0.5, 0.6) is 0 Å². The highest BCUT2D eigenvalue weighted by atomic mass is 16.6. The molecule has 6 heteroatoms. The first-order chi connectivity index (χ1) is 10.3. The quantitative estimate of drug-likeness (QED) is 0.740. The van der Waals surface area contributed by atoms with Crippen LogP contribution in [0.4, 0.5) is 4.79 Å². The average Bonchev–Trinajstić information content (AvgIpc) is 2.84. The van der Waals surface area contributed by atoms with Crippen molar-refractivity contribution in [3.8, 4) is 0 Å². The van der Waals surface area contributed by atoms with Crippen molar-refractivity contribution in [2.75, 3.05) is 39.8 Å². The zero-order valence-electron chi connectivity index (χ0n) is 14.9. The van der Waals surface area contributed by atoms with Gasteiger partial charge >= 0.3 is 6.09 Å². The van der Waals surface area contributed by atoms with Gasteiger partial charge in [0.15, 0.2) is 0 Å². The third-order valence-corrected chi connectivity index (χ3v) is 4.18. The Hall–Kier alpha value is -0.850. The highest BCUT2D eigenvalue weighted by Crippen LogP contribution is 2.17. The SMILES string of the molecule is CCN1CCCC1CN(C)C(CN)CNC(=O)OC(C)(C)C. The minimum absolute atomic E-state index is 0.131. The Morgan fingerprint density at radius 2 is 2.18 bits per heavy atom. The van der Waals surface area contributed by atoms with Crippen LogP contribution in [0.3, 0.4) is 0 Å². The fraction of sp³-hybridized carbons (Fsp3) is 0.938. The van der Waals surface area contributed by atoms with E-state index < -0.39 is 5.60 Å². The molecule has 130 valence electrons. The summed E-state index contributed by atoms with van der Waals surface area (Å²) in [4.78, 5) is 16.5. The third kappa shape index (κ3) is 6.50. The van der Waals surface area contributed by atoms with Gasteiger partial charge in [-0.3, -0.25) is 9.80 Å². The predicted octanol–water partition coefficient (Wildman–Crippen LogP) is 1.25. The summed E-state index contributed by atoms with van der Waals surface area (Å²) in [5, 5.41) is 2.82. The van der Waals surface area contributed by atoms with Crippen molar-refractivity contribution in [1.29, 1.82) is 0 Å². The van der Waals surface area contributed by atoms with Gasteiger partial charge in [0.05, 0.1) is 0 Å². The van der Waals surface area contributed by atoms with Crippen molar-refractivity contribution >= 4 is 6.09 Å². The molecule has 1 heterocycles. The van der Waals surface area contributed by atoms with E-state index in [2.05, 4.69) is 29.1 Å². The third-order valence-electron chi connectivity index (χ3n) is 4.18. The first kappa shape index (κ1) is 19.2. The van der Waals surface area contributed by atoms with Crippen molar-refractivity contribution in [2.24, 2.45) is 5.73 Å². The summed E-state index contributed by atoms with van der Waals surface area (Å²) in [6.07, 6.45) is 2.14. The fourth-order valence-electron chi connectivity index (χ4n) is 2.93. The van der Waals surface area contributed by atoms with Crippen molar-refractivity contribution in [3.05, 3.63) is 0 Å². The lowest BCUT2D eigenvalue weighted by Crippen LogP contribution is -2.50. The molecule has 0 aromatic rings. The normalized spacial score (nSPS) is 21.1. The van der Waals surface area contributed by atoms with Gasteiger partial charge in [-0.15, -0.1) is 0 Å². The van der Waals surface area contributed by atoms with E-state index >= 15 is 0 Å². The molecule has 1 amide bonds. The topological polar surface area (TPSA) is 70.8 Å². The van der Waals surface area contributed by atoms with Gasteiger partial charge in [0.25, 0.3) is 0 Å². The molecule has 0 aromatic heterocycles. The minimum Gasteiger partial charge on any atom is -0.444 e. The predicted molar refractivity (Wildman–Crippen MR) is 90.0 cm³/mol. The van der Waals surface area contributed by atoms with Gasteiger partial charge < -0.3 is 15.8 Å². The first-order valence-electron chi connectivity index (χ1n) is 8.38. The number of hydrogen-bond acceptors (Lipinski definition) is 5. The minimum atomic E-state index is -0.473. The summed E-state index contributed by atoms with van der Waals surface area (Å²) in [6, 6.07) is 0.734. The van der Waals surface area contributed by atoms with Crippen molar-refractivity contribution in [2.45, 2.75) is 58.2 Å². The van der Waals surface area contributed by atoms with Crippen LogP contribution in [-0.2, 0) is 4.74 Å². The number of likely N-dealkylation sites (N-methyl/N-ethyl adjacent to an activating group) is 2. The standard InChI is InChI=1S/C16H34N4O2/c1-6-20-9-7-8-13(20)12-19(5)14(10-17)11-18-15(21)22-16(2,3)4/h13-14H,6-12,17H2,1-5H3,(H,18,21). The van der Waals surface area contributed by atoms with E-state index in [0.29, 0.717) is 19.1 Å². The molecular weight excluding hydrogens is 280 g/mol. The van der Waals surface area contributed by atoms with E-state index in [-0.39, 0.29) is 12.1 Å². The molecule has 1 aliphatic rings. The average molecular weight is 314 g/mol. The molecule has 2 unspecified atom stereocenters. The largest absolute Gasteiger partial charge is 0.444 e. The van der Waals surface area contributed by atoms with Crippen LogP contribution in [-0.4, -0.2) is 73.3 Å². The Labute approximate surface area is 135 Å². The second-order valence-corrected chi connectivity index (χ2v) is 7.14. The number of carbonyl (C=O) groups excluding carboxylic acids is 1. The summed E-state index contributed by atoms with van der Waals surface area (Å²) < 4.78 is 5.26. The first-order valence-corrected chi connectivity index (χ1v) is 8.38. The van der Waals surface area contributed by atoms with Crippen LogP contribution >= 0.6 is 0 Å². The van der Waals surface area contributed by atoms with Gasteiger partial charge in [-0.05, 0) is 53.8 Å². The van der Waals surface area contributed by atoms with Crippen LogP contribution in [0.15, 0.2) is 0 Å². The summed E-state index contributed by atoms with van der Waals surface area (Å²) >= 11 is 0. The van der Waals surface area contributed by atoms with Gasteiger partial charge in [-0.25, -0.2) is 4.79 Å². The number of nitrogens with two attached hydrogens (primary N) is 1. The van der Waals surface area contributed by atoms with Gasteiger partial charge in [0.2, 0.25) is 0 Å². The van der Waals surface area contributed by atoms with Crippen molar-refractivity contribution in [1.82, 2.24) is 15.1 Å². The lowest BCUT2D eigenvalue weighted by Gasteiger charge is -2.32. The number of hydrogen-bond donors (Lipinski definition) is 2. The Morgan fingerprint density at radius 1 is 1.50 bits per heavy atom. The molecule has 1 rings (SSSR count). The lowest BCUT2D eigenvalue weighted by atomic mass is 10.1. The highest BCUT2D eigenvalue weighted by molar-refractivity contribution is 5.67. The molecular formula is C16H34N4O2. The molecule has 0 spiro atoms. The van der Waals surface area contributed by atoms with Crippen LogP contribution in [0.1, 0.15) is 40.5 Å².